The predicted octanol–water partition coefficient (Wildman–Crippen LogP) is 6.81. The van der Waals surface area contributed by atoms with E-state index in [-0.39, 0.29) is 17.9 Å². The van der Waals surface area contributed by atoms with Crippen LogP contribution in [0.1, 0.15) is 46.6 Å². The van der Waals surface area contributed by atoms with Crippen LogP contribution in [0.2, 0.25) is 0 Å². The Bertz CT molecular complexity index is 2070. The third-order valence-electron chi connectivity index (χ3n) is 9.92. The van der Waals surface area contributed by atoms with Gasteiger partial charge in [0.25, 0.3) is 5.91 Å². The molecule has 0 unspecified atom stereocenters. The van der Waals surface area contributed by atoms with Crippen molar-refractivity contribution >= 4 is 33.4 Å². The van der Waals surface area contributed by atoms with Gasteiger partial charge in [-0.05, 0) is 65.6 Å². The van der Waals surface area contributed by atoms with Crippen LogP contribution in [0.25, 0.3) is 0 Å². The van der Waals surface area contributed by atoms with E-state index in [0.717, 1.165) is 39.1 Å². The molecule has 1 aliphatic rings. The zero-order valence-electron chi connectivity index (χ0n) is 30.9. The normalized spacial score (nSPS) is 16.3. The summed E-state index contributed by atoms with van der Waals surface area (Å²) >= 11 is 0. The minimum Gasteiger partial charge on any atom is -0.452 e. The van der Waals surface area contributed by atoms with Crippen molar-refractivity contribution in [1.82, 2.24) is 5.32 Å². The predicted molar refractivity (Wildman–Crippen MR) is 216 cm³/mol. The molecule has 0 aliphatic carbocycles. The van der Waals surface area contributed by atoms with Crippen LogP contribution in [0.15, 0.2) is 140 Å². The lowest BCUT2D eigenvalue weighted by atomic mass is 9.84. The first-order chi connectivity index (χ1) is 26.7. The SMILES string of the molecule is COC(=O)N(C(=O)[C@@H](N)C(c1ccccc1)c1ccccc1)c1ccccc1CC[C@@H]1CN[C@H](CCc2ccccc2NS(=O)(=O)Cc2ccccc2)CO1. The average Bonchev–Trinajstić information content (AvgIpc) is 3.21. The topological polar surface area (TPSA) is 140 Å². The lowest BCUT2D eigenvalue weighted by Crippen LogP contribution is -2.50. The number of nitrogens with one attached hydrogen (secondary N) is 2. The van der Waals surface area contributed by atoms with Crippen LogP contribution in [0.3, 0.4) is 0 Å². The van der Waals surface area contributed by atoms with Crippen LogP contribution in [-0.4, -0.2) is 58.9 Å². The largest absolute Gasteiger partial charge is 0.452 e. The summed E-state index contributed by atoms with van der Waals surface area (Å²) in [5.41, 5.74) is 12.0. The van der Waals surface area contributed by atoms with Crippen LogP contribution < -0.4 is 20.7 Å². The smallest absolute Gasteiger partial charge is 0.420 e. The van der Waals surface area contributed by atoms with Gasteiger partial charge < -0.3 is 20.5 Å². The molecule has 1 heterocycles. The Kier molecular flexibility index (Phi) is 13.5. The summed E-state index contributed by atoms with van der Waals surface area (Å²) in [6, 6.07) is 42.1. The maximum atomic E-state index is 14.3. The highest BCUT2D eigenvalue weighted by molar-refractivity contribution is 7.91. The molecule has 10 nitrogen and oxygen atoms in total. The number of ether oxygens (including phenoxy) is 2. The second-order valence-corrected chi connectivity index (χ2v) is 15.5. The molecule has 0 radical (unpaired) electrons. The fourth-order valence-corrected chi connectivity index (χ4v) is 8.32. The van der Waals surface area contributed by atoms with E-state index in [1.165, 1.54) is 7.11 Å². The molecule has 1 saturated heterocycles. The number of para-hydroxylation sites is 2. The number of nitrogens with two attached hydrogens (primary N) is 1. The van der Waals surface area contributed by atoms with Crippen LogP contribution in [0.5, 0.6) is 0 Å². The van der Waals surface area contributed by atoms with Gasteiger partial charge in [0.05, 0.1) is 43.0 Å². The van der Waals surface area contributed by atoms with Crippen molar-refractivity contribution in [2.45, 2.75) is 55.5 Å². The molecular formula is C44H48N4O6S. The van der Waals surface area contributed by atoms with E-state index in [1.54, 1.807) is 30.3 Å². The second kappa shape index (κ2) is 18.8. The van der Waals surface area contributed by atoms with Crippen LogP contribution in [0.4, 0.5) is 16.2 Å². The number of morpholine rings is 1. The number of hydrogen-bond donors (Lipinski definition) is 3. The molecule has 286 valence electrons. The number of carbonyl (C=O) groups excluding carboxylic acids is 2. The summed E-state index contributed by atoms with van der Waals surface area (Å²) in [5, 5.41) is 3.60. The minimum atomic E-state index is -3.59. The summed E-state index contributed by atoms with van der Waals surface area (Å²) in [7, 11) is -2.33. The number of amides is 2. The minimum absolute atomic E-state index is 0.0912. The number of aryl methyl sites for hydroxylation is 2. The number of benzene rings is 5. The van der Waals surface area contributed by atoms with Crippen molar-refractivity contribution in [1.29, 1.82) is 0 Å². The Morgan fingerprint density at radius 2 is 1.36 bits per heavy atom. The van der Waals surface area contributed by atoms with Gasteiger partial charge in [-0.25, -0.2) is 18.1 Å². The van der Waals surface area contributed by atoms with Crippen molar-refractivity contribution in [3.63, 3.8) is 0 Å². The van der Waals surface area contributed by atoms with E-state index in [0.29, 0.717) is 43.8 Å². The first-order valence-electron chi connectivity index (χ1n) is 18.5. The lowest BCUT2D eigenvalue weighted by molar-refractivity contribution is -0.119. The van der Waals surface area contributed by atoms with Gasteiger partial charge >= 0.3 is 6.09 Å². The molecule has 2 amide bonds. The standard InChI is InChI=1S/C44H48N4O6S/c1-53-44(50)48(43(49)42(45)41(35-19-7-3-8-20-35)36-21-9-4-10-22-36)40-24-14-12-18-34(40)26-28-38-29-46-37(30-54-38)27-25-33-17-11-13-23-39(33)47-55(51,52)31-32-15-5-2-6-16-32/h2-24,37-38,41-42,46-47H,25-31,45H2,1H3/t37-,38-,42+/m1/s1. The first kappa shape index (κ1) is 39.4. The zero-order chi connectivity index (χ0) is 38.6. The molecule has 1 fully saturated rings. The number of imide groups is 1. The van der Waals surface area contributed by atoms with Crippen LogP contribution in [0, 0.1) is 0 Å². The molecule has 5 aromatic carbocycles. The van der Waals surface area contributed by atoms with Gasteiger partial charge in [0, 0.05) is 18.5 Å². The van der Waals surface area contributed by atoms with Gasteiger partial charge in [0.2, 0.25) is 10.0 Å². The monoisotopic (exact) mass is 760 g/mol. The van der Waals surface area contributed by atoms with Crippen molar-refractivity contribution in [2.75, 3.05) is 29.9 Å². The Balaban J connectivity index is 1.07. The number of methoxy groups -OCH3 is 1. The third kappa shape index (κ3) is 10.5. The summed E-state index contributed by atoms with van der Waals surface area (Å²) < 4.78 is 40.1. The molecule has 1 aliphatic heterocycles. The Morgan fingerprint density at radius 1 is 0.800 bits per heavy atom. The lowest BCUT2D eigenvalue weighted by Gasteiger charge is -2.31. The van der Waals surface area contributed by atoms with Crippen molar-refractivity contribution < 1.29 is 27.5 Å². The van der Waals surface area contributed by atoms with E-state index in [9.17, 15) is 18.0 Å². The van der Waals surface area contributed by atoms with Gasteiger partial charge in [-0.1, -0.05) is 127 Å². The summed E-state index contributed by atoms with van der Waals surface area (Å²) in [4.78, 5) is 28.7. The van der Waals surface area contributed by atoms with E-state index in [4.69, 9.17) is 15.2 Å². The molecule has 0 aromatic heterocycles. The van der Waals surface area contributed by atoms with Gasteiger partial charge in [0.1, 0.15) is 0 Å². The summed E-state index contributed by atoms with van der Waals surface area (Å²) in [5.74, 6) is -1.16. The fraction of sp³-hybridized carbons (Fsp3) is 0.273. The number of rotatable bonds is 15. The molecule has 0 bridgehead atoms. The molecule has 5 aromatic rings. The zero-order valence-corrected chi connectivity index (χ0v) is 31.7. The van der Waals surface area contributed by atoms with E-state index in [1.807, 2.05) is 109 Å². The molecule has 11 heteroatoms. The maximum absolute atomic E-state index is 14.3. The number of nitrogens with zero attached hydrogens (tertiary/aromatic N) is 1. The average molecular weight is 761 g/mol. The molecule has 3 atom stereocenters. The van der Waals surface area contributed by atoms with Crippen molar-refractivity contribution in [2.24, 2.45) is 5.73 Å². The summed E-state index contributed by atoms with van der Waals surface area (Å²) in [6.45, 7) is 1.12. The second-order valence-electron chi connectivity index (χ2n) is 13.7. The molecule has 0 saturated carbocycles. The van der Waals surface area contributed by atoms with Gasteiger partial charge in [0.15, 0.2) is 0 Å². The highest BCUT2D eigenvalue weighted by atomic mass is 32.2. The van der Waals surface area contributed by atoms with Crippen molar-refractivity contribution in [3.8, 4) is 0 Å². The van der Waals surface area contributed by atoms with Crippen LogP contribution in [-0.2, 0) is 42.9 Å². The number of carbonyl (C=O) groups is 2. The van der Waals surface area contributed by atoms with E-state index in [2.05, 4.69) is 10.0 Å². The fourth-order valence-electron chi connectivity index (χ4n) is 7.08. The Morgan fingerprint density at radius 3 is 1.98 bits per heavy atom. The van der Waals surface area contributed by atoms with Gasteiger partial charge in [-0.3, -0.25) is 9.52 Å². The molecule has 55 heavy (non-hydrogen) atoms. The van der Waals surface area contributed by atoms with E-state index >= 15 is 0 Å². The van der Waals surface area contributed by atoms with Gasteiger partial charge in [-0.15, -0.1) is 0 Å². The Hall–Kier alpha value is -5.33. The maximum Gasteiger partial charge on any atom is 0.420 e. The van der Waals surface area contributed by atoms with E-state index < -0.39 is 34.0 Å². The molecule has 0 spiro atoms. The summed E-state index contributed by atoms with van der Waals surface area (Å²) in [6.07, 6.45) is 1.71. The highest BCUT2D eigenvalue weighted by Gasteiger charge is 2.36. The highest BCUT2D eigenvalue weighted by Crippen LogP contribution is 2.31. The molecule has 6 rings (SSSR count). The molecule has 4 N–H and O–H groups in total. The van der Waals surface area contributed by atoms with Crippen molar-refractivity contribution in [3.05, 3.63) is 167 Å². The molecular weight excluding hydrogens is 713 g/mol. The first-order valence-corrected chi connectivity index (χ1v) is 20.2. The quantitative estimate of drug-likeness (QED) is 0.106. The van der Waals surface area contributed by atoms with Gasteiger partial charge in [-0.2, -0.15) is 0 Å². The Labute approximate surface area is 323 Å². The van der Waals surface area contributed by atoms with Crippen LogP contribution >= 0.6 is 0 Å². The third-order valence-corrected chi connectivity index (χ3v) is 11.2. The number of hydrogen-bond acceptors (Lipinski definition) is 8. The number of sulfonamides is 1. The number of anilines is 2.